The van der Waals surface area contributed by atoms with E-state index in [9.17, 15) is 5.11 Å². The molecule has 160 valence electrons. The lowest BCUT2D eigenvalue weighted by molar-refractivity contribution is -0.0573. The van der Waals surface area contributed by atoms with Gasteiger partial charge in [0.05, 0.1) is 6.10 Å². The van der Waals surface area contributed by atoms with Crippen LogP contribution in [0.15, 0.2) is 11.6 Å². The first-order valence-corrected chi connectivity index (χ1v) is 12.6. The van der Waals surface area contributed by atoms with Crippen LogP contribution in [-0.2, 0) is 0 Å². The molecule has 0 aromatic heterocycles. The molecule has 0 heterocycles. The molecule has 1 heteroatoms. The SMILES string of the molecule is CC(C)CCC[C@@H](C)[C@H]1CC[C@@H]2[C@H]3CC=C4C[C@@H](O)CC[C@]4(C)[C@H]3CC[C@@]21C. The number of aliphatic hydroxyl groups excluding tert-OH is 1. The van der Waals surface area contributed by atoms with Crippen LogP contribution in [0.25, 0.3) is 0 Å². The molecular weight excluding hydrogens is 340 g/mol. The predicted octanol–water partition coefficient (Wildman–Crippen LogP) is 7.39. The maximum atomic E-state index is 10.2. The van der Waals surface area contributed by atoms with Gasteiger partial charge in [0.25, 0.3) is 0 Å². The van der Waals surface area contributed by atoms with Crippen molar-refractivity contribution in [3.05, 3.63) is 11.6 Å². The quantitative estimate of drug-likeness (QED) is 0.488. The highest BCUT2D eigenvalue weighted by atomic mass is 16.3. The Labute approximate surface area is 174 Å². The fourth-order valence-corrected chi connectivity index (χ4v) is 8.67. The van der Waals surface area contributed by atoms with Gasteiger partial charge in [-0.2, -0.15) is 0 Å². The van der Waals surface area contributed by atoms with Crippen LogP contribution in [0.5, 0.6) is 0 Å². The summed E-state index contributed by atoms with van der Waals surface area (Å²) >= 11 is 0. The summed E-state index contributed by atoms with van der Waals surface area (Å²) in [5.74, 6) is 5.46. The van der Waals surface area contributed by atoms with Gasteiger partial charge in [-0.1, -0.05) is 65.5 Å². The third-order valence-corrected chi connectivity index (χ3v) is 10.3. The second-order valence-electron chi connectivity index (χ2n) is 12.2. The number of hydrogen-bond donors (Lipinski definition) is 1. The van der Waals surface area contributed by atoms with Gasteiger partial charge in [-0.15, -0.1) is 0 Å². The maximum absolute atomic E-state index is 10.2. The Kier molecular flexibility index (Phi) is 5.80. The van der Waals surface area contributed by atoms with Gasteiger partial charge in [-0.3, -0.25) is 0 Å². The average Bonchev–Trinajstić information content (AvgIpc) is 2.99. The third kappa shape index (κ3) is 3.42. The Morgan fingerprint density at radius 2 is 1.79 bits per heavy atom. The summed E-state index contributed by atoms with van der Waals surface area (Å²) in [6.45, 7) is 12.6. The highest BCUT2D eigenvalue weighted by molar-refractivity contribution is 5.25. The van der Waals surface area contributed by atoms with E-state index in [1.54, 1.807) is 5.57 Å². The fraction of sp³-hybridized carbons (Fsp3) is 0.926. The molecule has 3 saturated carbocycles. The van der Waals surface area contributed by atoms with Crippen molar-refractivity contribution >= 4 is 0 Å². The van der Waals surface area contributed by atoms with Crippen LogP contribution in [-0.4, -0.2) is 11.2 Å². The normalized spacial score (nSPS) is 46.5. The van der Waals surface area contributed by atoms with Crippen molar-refractivity contribution in [2.75, 3.05) is 0 Å². The Morgan fingerprint density at radius 1 is 1.00 bits per heavy atom. The summed E-state index contributed by atoms with van der Waals surface area (Å²) < 4.78 is 0. The van der Waals surface area contributed by atoms with Crippen LogP contribution in [0.4, 0.5) is 0 Å². The molecule has 28 heavy (non-hydrogen) atoms. The van der Waals surface area contributed by atoms with Crippen molar-refractivity contribution in [1.82, 2.24) is 0 Å². The van der Waals surface area contributed by atoms with E-state index in [1.807, 2.05) is 0 Å². The minimum Gasteiger partial charge on any atom is -0.393 e. The summed E-state index contributed by atoms with van der Waals surface area (Å²) in [5.41, 5.74) is 2.60. The molecule has 0 aromatic carbocycles. The third-order valence-electron chi connectivity index (χ3n) is 10.3. The minimum atomic E-state index is -0.0766. The smallest absolute Gasteiger partial charge is 0.0577 e. The van der Waals surface area contributed by atoms with Crippen LogP contribution in [0.2, 0.25) is 0 Å². The Bertz CT molecular complexity index is 591. The molecule has 0 aromatic rings. The van der Waals surface area contributed by atoms with Gasteiger partial charge in [-0.05, 0) is 97.7 Å². The first-order chi connectivity index (χ1) is 13.3. The second-order valence-corrected chi connectivity index (χ2v) is 12.2. The number of fused-ring (bicyclic) bond motifs is 5. The standard InChI is InChI=1S/C27H46O/c1-18(2)7-6-8-19(3)23-11-12-24-22-10-9-20-17-21(28)13-15-26(20,4)25(22)14-16-27(23,24)5/h9,18-19,21-25,28H,6-8,10-17H2,1-5H3/t19-,21+,22-,23-,24-,25+,26+,27-/m1/s1. The first kappa shape index (κ1) is 21.0. The molecule has 0 radical (unpaired) electrons. The molecule has 0 amide bonds. The first-order valence-electron chi connectivity index (χ1n) is 12.6. The zero-order chi connectivity index (χ0) is 20.1. The number of hydrogen-bond acceptors (Lipinski definition) is 1. The largest absolute Gasteiger partial charge is 0.393 e. The Hall–Kier alpha value is -0.300. The zero-order valence-electron chi connectivity index (χ0n) is 19.3. The molecule has 8 atom stereocenters. The van der Waals surface area contributed by atoms with E-state index in [0.717, 1.165) is 48.3 Å². The van der Waals surface area contributed by atoms with Crippen molar-refractivity contribution in [2.45, 2.75) is 111 Å². The molecule has 0 aliphatic heterocycles. The van der Waals surface area contributed by atoms with Gasteiger partial charge >= 0.3 is 0 Å². The molecule has 1 nitrogen and oxygen atoms in total. The van der Waals surface area contributed by atoms with Crippen LogP contribution in [0.1, 0.15) is 105 Å². The van der Waals surface area contributed by atoms with E-state index in [0.29, 0.717) is 10.8 Å². The maximum Gasteiger partial charge on any atom is 0.0577 e. The molecule has 4 aliphatic carbocycles. The Balaban J connectivity index is 1.49. The summed E-state index contributed by atoms with van der Waals surface area (Å²) in [6.07, 6.45) is 17.2. The summed E-state index contributed by atoms with van der Waals surface area (Å²) in [6, 6.07) is 0. The van der Waals surface area contributed by atoms with Crippen LogP contribution < -0.4 is 0 Å². The molecule has 4 aliphatic rings. The van der Waals surface area contributed by atoms with Gasteiger partial charge in [-0.25, -0.2) is 0 Å². The van der Waals surface area contributed by atoms with E-state index < -0.39 is 0 Å². The van der Waals surface area contributed by atoms with Crippen molar-refractivity contribution in [2.24, 2.45) is 46.3 Å². The van der Waals surface area contributed by atoms with Gasteiger partial charge in [0.2, 0.25) is 0 Å². The summed E-state index contributed by atoms with van der Waals surface area (Å²) in [7, 11) is 0. The van der Waals surface area contributed by atoms with E-state index in [-0.39, 0.29) is 6.10 Å². The van der Waals surface area contributed by atoms with Crippen molar-refractivity contribution in [3.8, 4) is 0 Å². The van der Waals surface area contributed by atoms with Gasteiger partial charge in [0.15, 0.2) is 0 Å². The molecule has 0 spiro atoms. The van der Waals surface area contributed by atoms with Crippen molar-refractivity contribution in [3.63, 3.8) is 0 Å². The van der Waals surface area contributed by atoms with E-state index in [1.165, 1.54) is 57.8 Å². The minimum absolute atomic E-state index is 0.0766. The van der Waals surface area contributed by atoms with Crippen molar-refractivity contribution in [1.29, 1.82) is 0 Å². The number of rotatable bonds is 5. The van der Waals surface area contributed by atoms with Gasteiger partial charge in [0, 0.05) is 0 Å². The zero-order valence-corrected chi connectivity index (χ0v) is 19.3. The molecule has 1 N–H and O–H groups in total. The topological polar surface area (TPSA) is 20.2 Å². The lowest BCUT2D eigenvalue weighted by Gasteiger charge is -2.58. The van der Waals surface area contributed by atoms with Crippen molar-refractivity contribution < 1.29 is 5.11 Å². The van der Waals surface area contributed by atoms with E-state index >= 15 is 0 Å². The summed E-state index contributed by atoms with van der Waals surface area (Å²) in [4.78, 5) is 0. The molecule has 4 rings (SSSR count). The van der Waals surface area contributed by atoms with Crippen LogP contribution in [0.3, 0.4) is 0 Å². The average molecular weight is 387 g/mol. The van der Waals surface area contributed by atoms with Crippen LogP contribution >= 0.6 is 0 Å². The van der Waals surface area contributed by atoms with Gasteiger partial charge in [0.1, 0.15) is 0 Å². The highest BCUT2D eigenvalue weighted by Crippen LogP contribution is 2.67. The molecule has 0 bridgehead atoms. The predicted molar refractivity (Wildman–Crippen MR) is 119 cm³/mol. The van der Waals surface area contributed by atoms with E-state index in [2.05, 4.69) is 40.7 Å². The van der Waals surface area contributed by atoms with Crippen LogP contribution in [0, 0.1) is 46.3 Å². The monoisotopic (exact) mass is 386 g/mol. The van der Waals surface area contributed by atoms with E-state index in [4.69, 9.17) is 0 Å². The molecule has 0 saturated heterocycles. The lowest BCUT2D eigenvalue weighted by Crippen LogP contribution is -2.50. The summed E-state index contributed by atoms with van der Waals surface area (Å²) in [5, 5.41) is 10.2. The second kappa shape index (κ2) is 7.75. The lowest BCUT2D eigenvalue weighted by atomic mass is 9.47. The van der Waals surface area contributed by atoms with Gasteiger partial charge < -0.3 is 5.11 Å². The number of allylic oxidation sites excluding steroid dienone is 1. The number of aliphatic hydroxyl groups is 1. The fourth-order valence-electron chi connectivity index (χ4n) is 8.67. The molecular formula is C27H46O. The Morgan fingerprint density at radius 3 is 2.54 bits per heavy atom. The highest BCUT2D eigenvalue weighted by Gasteiger charge is 2.59. The molecule has 3 fully saturated rings. The molecule has 0 unspecified atom stereocenters.